The fourth-order valence-corrected chi connectivity index (χ4v) is 3.09. The van der Waals surface area contributed by atoms with Gasteiger partial charge < -0.3 is 4.74 Å². The number of thioether (sulfide) groups is 1. The van der Waals surface area contributed by atoms with Gasteiger partial charge in [-0.15, -0.1) is 11.8 Å². The van der Waals surface area contributed by atoms with E-state index in [4.69, 9.17) is 4.74 Å². The van der Waals surface area contributed by atoms with Gasteiger partial charge in [0.05, 0.1) is 0 Å². The molecule has 0 radical (unpaired) electrons. The fraction of sp³-hybridized carbons (Fsp3) is 0.286. The minimum Gasteiger partial charge on any atom is -0.480 e. The van der Waals surface area contributed by atoms with Gasteiger partial charge in [-0.2, -0.15) is 5.10 Å². The van der Waals surface area contributed by atoms with Crippen molar-refractivity contribution < 1.29 is 9.53 Å². The Morgan fingerprint density at radius 1 is 1.47 bits per heavy atom. The van der Waals surface area contributed by atoms with Gasteiger partial charge in [-0.05, 0) is 25.1 Å². The summed E-state index contributed by atoms with van der Waals surface area (Å²) < 4.78 is 7.51. The van der Waals surface area contributed by atoms with Crippen molar-refractivity contribution in [3.05, 3.63) is 42.2 Å². The molecule has 0 N–H and O–H groups in total. The van der Waals surface area contributed by atoms with E-state index in [0.717, 1.165) is 10.6 Å². The number of aromatic nitrogens is 2. The normalized spacial score (nSPS) is 17.6. The Labute approximate surface area is 115 Å². The van der Waals surface area contributed by atoms with Crippen molar-refractivity contribution in [3.63, 3.8) is 0 Å². The maximum atomic E-state index is 12.5. The molecule has 2 heterocycles. The molecule has 2 aromatic rings. The number of carbonyl (C=O) groups is 1. The number of rotatable bonds is 3. The van der Waals surface area contributed by atoms with Gasteiger partial charge in [0.15, 0.2) is 6.10 Å². The zero-order valence-electron chi connectivity index (χ0n) is 10.6. The first kappa shape index (κ1) is 12.3. The maximum absolute atomic E-state index is 12.5. The van der Waals surface area contributed by atoms with Crippen LogP contribution in [-0.4, -0.2) is 27.4 Å². The smallest absolute Gasteiger partial charge is 0.222 e. The molecule has 98 valence electrons. The summed E-state index contributed by atoms with van der Waals surface area (Å²) in [7, 11) is 0. The molecule has 19 heavy (non-hydrogen) atoms. The first-order chi connectivity index (χ1) is 9.29. The Hall–Kier alpha value is -1.75. The van der Waals surface area contributed by atoms with Gasteiger partial charge in [0, 0.05) is 23.4 Å². The third kappa shape index (κ3) is 2.26. The summed E-state index contributed by atoms with van der Waals surface area (Å²) in [4.78, 5) is 13.5. The number of ketones is 1. The molecule has 1 aromatic carbocycles. The predicted molar refractivity (Wildman–Crippen MR) is 73.8 cm³/mol. The largest absolute Gasteiger partial charge is 0.480 e. The molecule has 0 fully saturated rings. The lowest BCUT2D eigenvalue weighted by molar-refractivity contribution is 0.0803. The quantitative estimate of drug-likeness (QED) is 0.807. The number of fused-ring (bicyclic) bond motifs is 1. The van der Waals surface area contributed by atoms with Crippen LogP contribution in [-0.2, 0) is 6.54 Å². The number of hydrogen-bond acceptors (Lipinski definition) is 4. The summed E-state index contributed by atoms with van der Waals surface area (Å²) in [6.07, 6.45) is 1.22. The second-order valence-corrected chi connectivity index (χ2v) is 5.32. The molecule has 0 bridgehead atoms. The maximum Gasteiger partial charge on any atom is 0.222 e. The molecule has 1 aliphatic rings. The lowest BCUT2D eigenvalue weighted by atomic mass is 10.2. The average molecular weight is 274 g/mol. The highest BCUT2D eigenvalue weighted by molar-refractivity contribution is 7.99. The van der Waals surface area contributed by atoms with Crippen molar-refractivity contribution in [2.75, 3.05) is 5.75 Å². The molecule has 1 aliphatic heterocycles. The van der Waals surface area contributed by atoms with E-state index in [-0.39, 0.29) is 5.78 Å². The molecule has 3 rings (SSSR count). The third-order valence-corrected chi connectivity index (χ3v) is 4.19. The molecule has 0 spiro atoms. The van der Waals surface area contributed by atoms with E-state index in [2.05, 4.69) is 5.10 Å². The number of aryl methyl sites for hydroxylation is 1. The molecular weight excluding hydrogens is 260 g/mol. The van der Waals surface area contributed by atoms with Crippen LogP contribution in [0, 0.1) is 0 Å². The molecule has 1 aromatic heterocycles. The summed E-state index contributed by atoms with van der Waals surface area (Å²) >= 11 is 1.66. The number of para-hydroxylation sites is 1. The molecule has 0 saturated heterocycles. The highest BCUT2D eigenvalue weighted by Crippen LogP contribution is 2.35. The number of Topliss-reactive ketones (excluding diaryl/α,β-unsaturated/α-hetero) is 1. The number of benzene rings is 1. The zero-order valence-corrected chi connectivity index (χ0v) is 11.4. The van der Waals surface area contributed by atoms with Crippen molar-refractivity contribution in [1.82, 2.24) is 9.78 Å². The Kier molecular flexibility index (Phi) is 3.29. The van der Waals surface area contributed by atoms with Crippen LogP contribution in [0.1, 0.15) is 17.4 Å². The number of ether oxygens (including phenoxy) is 1. The SMILES string of the molecule is CCn1nccc1C(=O)C1CSc2ccccc2O1. The molecule has 1 atom stereocenters. The van der Waals surface area contributed by atoms with Gasteiger partial charge >= 0.3 is 0 Å². The zero-order chi connectivity index (χ0) is 13.2. The Balaban J connectivity index is 1.83. The second-order valence-electron chi connectivity index (χ2n) is 4.26. The summed E-state index contributed by atoms with van der Waals surface area (Å²) in [5.41, 5.74) is 0.618. The van der Waals surface area contributed by atoms with Gasteiger partial charge in [0.2, 0.25) is 5.78 Å². The second kappa shape index (κ2) is 5.09. The first-order valence-electron chi connectivity index (χ1n) is 6.24. The third-order valence-electron chi connectivity index (χ3n) is 3.07. The molecule has 4 nitrogen and oxygen atoms in total. The van der Waals surface area contributed by atoms with Gasteiger partial charge in [-0.25, -0.2) is 0 Å². The monoisotopic (exact) mass is 274 g/mol. The van der Waals surface area contributed by atoms with E-state index >= 15 is 0 Å². The van der Waals surface area contributed by atoms with E-state index in [9.17, 15) is 4.79 Å². The molecule has 0 amide bonds. The van der Waals surface area contributed by atoms with Crippen LogP contribution in [0.4, 0.5) is 0 Å². The number of carbonyl (C=O) groups excluding carboxylic acids is 1. The summed E-state index contributed by atoms with van der Waals surface area (Å²) in [5, 5.41) is 4.13. The van der Waals surface area contributed by atoms with Crippen LogP contribution in [0.5, 0.6) is 5.75 Å². The van der Waals surface area contributed by atoms with Crippen molar-refractivity contribution in [2.24, 2.45) is 0 Å². The lowest BCUT2D eigenvalue weighted by Gasteiger charge is -2.24. The van der Waals surface area contributed by atoms with E-state index < -0.39 is 6.10 Å². The minimum atomic E-state index is -0.429. The lowest BCUT2D eigenvalue weighted by Crippen LogP contribution is -2.33. The first-order valence-corrected chi connectivity index (χ1v) is 7.22. The van der Waals surface area contributed by atoms with Gasteiger partial charge in [0.1, 0.15) is 11.4 Å². The minimum absolute atomic E-state index is 0.00125. The Morgan fingerprint density at radius 3 is 3.16 bits per heavy atom. The topological polar surface area (TPSA) is 44.1 Å². The van der Waals surface area contributed by atoms with E-state index in [1.165, 1.54) is 0 Å². The van der Waals surface area contributed by atoms with Crippen LogP contribution >= 0.6 is 11.8 Å². The molecular formula is C14H14N2O2S. The van der Waals surface area contributed by atoms with E-state index in [1.807, 2.05) is 31.2 Å². The molecule has 0 saturated carbocycles. The Morgan fingerprint density at radius 2 is 2.32 bits per heavy atom. The van der Waals surface area contributed by atoms with Gasteiger partial charge in [-0.3, -0.25) is 9.48 Å². The van der Waals surface area contributed by atoms with Crippen LogP contribution in [0.3, 0.4) is 0 Å². The molecule has 1 unspecified atom stereocenters. The highest BCUT2D eigenvalue weighted by atomic mass is 32.2. The summed E-state index contributed by atoms with van der Waals surface area (Å²) in [5.74, 6) is 1.44. The van der Waals surface area contributed by atoms with Crippen LogP contribution in [0.2, 0.25) is 0 Å². The van der Waals surface area contributed by atoms with E-state index in [1.54, 1.807) is 28.7 Å². The van der Waals surface area contributed by atoms with E-state index in [0.29, 0.717) is 18.0 Å². The van der Waals surface area contributed by atoms with Gasteiger partial charge in [0.25, 0.3) is 0 Å². The van der Waals surface area contributed by atoms with Gasteiger partial charge in [-0.1, -0.05) is 12.1 Å². The Bertz CT molecular complexity index is 609. The highest BCUT2D eigenvalue weighted by Gasteiger charge is 2.29. The van der Waals surface area contributed by atoms with Crippen LogP contribution in [0.15, 0.2) is 41.4 Å². The number of hydrogen-bond donors (Lipinski definition) is 0. The number of nitrogens with zero attached hydrogens (tertiary/aromatic N) is 2. The summed E-state index contributed by atoms with van der Waals surface area (Å²) in [6.45, 7) is 2.65. The molecule has 0 aliphatic carbocycles. The molecule has 5 heteroatoms. The average Bonchev–Trinajstić information content (AvgIpc) is 2.94. The van der Waals surface area contributed by atoms with Crippen molar-refractivity contribution in [3.8, 4) is 5.75 Å². The van der Waals surface area contributed by atoms with Crippen LogP contribution < -0.4 is 4.74 Å². The predicted octanol–water partition coefficient (Wildman–Crippen LogP) is 2.64. The van der Waals surface area contributed by atoms with Crippen LogP contribution in [0.25, 0.3) is 0 Å². The summed E-state index contributed by atoms with van der Waals surface area (Å²) in [6, 6.07) is 9.56. The van der Waals surface area contributed by atoms with Crippen molar-refractivity contribution >= 4 is 17.5 Å². The standard InChI is InChI=1S/C14H14N2O2S/c1-2-16-10(7-8-15-16)14(17)12-9-19-13-6-4-3-5-11(13)18-12/h3-8,12H,2,9H2,1H3. The van der Waals surface area contributed by atoms with Crippen molar-refractivity contribution in [2.45, 2.75) is 24.5 Å². The fourth-order valence-electron chi connectivity index (χ4n) is 2.11. The van der Waals surface area contributed by atoms with Crippen molar-refractivity contribution in [1.29, 1.82) is 0 Å².